The van der Waals surface area contributed by atoms with Gasteiger partial charge in [0.05, 0.1) is 18.3 Å². The number of rotatable bonds is 6. The minimum absolute atomic E-state index is 0.00718. The van der Waals surface area contributed by atoms with Gasteiger partial charge in [0.15, 0.2) is 6.29 Å². The van der Waals surface area contributed by atoms with Gasteiger partial charge < -0.3 is 15.4 Å². The van der Waals surface area contributed by atoms with Crippen molar-refractivity contribution in [3.8, 4) is 0 Å². The van der Waals surface area contributed by atoms with Gasteiger partial charge in [-0.15, -0.1) is 0 Å². The van der Waals surface area contributed by atoms with E-state index in [1.54, 1.807) is 6.92 Å². The normalized spacial score (nSPS) is 16.8. The van der Waals surface area contributed by atoms with Gasteiger partial charge >= 0.3 is 5.97 Å². The summed E-state index contributed by atoms with van der Waals surface area (Å²) in [5.74, 6) is -1.65. The molecular weight excluding hydrogens is 274 g/mol. The fraction of sp³-hybridized carbons (Fsp3) is 0.500. The first-order chi connectivity index (χ1) is 9.95. The third kappa shape index (κ3) is 2.97. The molecule has 0 spiro atoms. The van der Waals surface area contributed by atoms with Crippen LogP contribution in [0, 0.1) is 6.92 Å². The Labute approximate surface area is 122 Å². The molecule has 1 unspecified atom stereocenters. The fourth-order valence-electron chi connectivity index (χ4n) is 2.91. The largest absolute Gasteiger partial charge is 0.477 e. The van der Waals surface area contributed by atoms with Crippen molar-refractivity contribution in [1.29, 1.82) is 0 Å². The molecule has 2 rings (SSSR count). The van der Waals surface area contributed by atoms with Crippen LogP contribution in [0.4, 0.5) is 0 Å². The summed E-state index contributed by atoms with van der Waals surface area (Å²) in [5.41, 5.74) is 6.18. The quantitative estimate of drug-likeness (QED) is 0.754. The monoisotopic (exact) mass is 293 g/mol. The van der Waals surface area contributed by atoms with E-state index in [4.69, 9.17) is 5.73 Å². The minimum Gasteiger partial charge on any atom is -0.477 e. The van der Waals surface area contributed by atoms with Crippen LogP contribution < -0.4 is 5.73 Å². The van der Waals surface area contributed by atoms with Crippen molar-refractivity contribution in [1.82, 2.24) is 9.47 Å². The van der Waals surface area contributed by atoms with Crippen molar-refractivity contribution < 1.29 is 19.5 Å². The van der Waals surface area contributed by atoms with E-state index in [1.807, 2.05) is 4.90 Å². The van der Waals surface area contributed by atoms with Crippen molar-refractivity contribution >= 4 is 18.2 Å². The van der Waals surface area contributed by atoms with Crippen LogP contribution in [0.5, 0.6) is 0 Å². The number of hydrogen-bond acceptors (Lipinski definition) is 4. The summed E-state index contributed by atoms with van der Waals surface area (Å²) in [6.45, 7) is 3.19. The van der Waals surface area contributed by atoms with Gasteiger partial charge in [0.25, 0.3) is 0 Å². The van der Waals surface area contributed by atoms with Crippen LogP contribution in [-0.2, 0) is 4.79 Å². The van der Waals surface area contributed by atoms with Crippen molar-refractivity contribution in [2.75, 3.05) is 13.1 Å². The number of aromatic carboxylic acids is 1. The molecule has 1 amide bonds. The third-order valence-electron chi connectivity index (χ3n) is 3.85. The van der Waals surface area contributed by atoms with Crippen LogP contribution in [0.1, 0.15) is 52.0 Å². The summed E-state index contributed by atoms with van der Waals surface area (Å²) in [6.07, 6.45) is 2.05. The molecule has 7 nitrogen and oxygen atoms in total. The summed E-state index contributed by atoms with van der Waals surface area (Å²) in [5, 5.41) is 9.35. The number of likely N-dealkylation sites (tertiary alicyclic amines) is 1. The Hall–Kier alpha value is -2.15. The summed E-state index contributed by atoms with van der Waals surface area (Å²) in [6, 6.07) is 1.45. The number of carboxylic acids is 1. The Morgan fingerprint density at radius 1 is 1.43 bits per heavy atom. The van der Waals surface area contributed by atoms with Crippen LogP contribution in [0.3, 0.4) is 0 Å². The Bertz CT molecular complexity index is 573. The molecule has 1 aromatic rings. The molecular formula is C14H19N3O4. The zero-order valence-corrected chi connectivity index (χ0v) is 11.9. The summed E-state index contributed by atoms with van der Waals surface area (Å²) in [4.78, 5) is 36.2. The lowest BCUT2D eigenvalue weighted by molar-refractivity contribution is -0.120. The topological polar surface area (TPSA) is 106 Å². The maximum absolute atomic E-state index is 11.4. The minimum atomic E-state index is -1.13. The van der Waals surface area contributed by atoms with Gasteiger partial charge in [-0.25, -0.2) is 4.79 Å². The number of aromatic nitrogens is 1. The van der Waals surface area contributed by atoms with Crippen molar-refractivity contribution in [2.45, 2.75) is 32.4 Å². The van der Waals surface area contributed by atoms with Crippen LogP contribution in [0.25, 0.3) is 0 Å². The van der Waals surface area contributed by atoms with Gasteiger partial charge in [-0.1, -0.05) is 0 Å². The molecule has 1 saturated heterocycles. The first-order valence-corrected chi connectivity index (χ1v) is 6.88. The molecule has 2 heterocycles. The second kappa shape index (κ2) is 6.09. The van der Waals surface area contributed by atoms with Gasteiger partial charge in [-0.05, 0) is 31.4 Å². The Morgan fingerprint density at radius 2 is 2.05 bits per heavy atom. The maximum Gasteiger partial charge on any atom is 0.352 e. The van der Waals surface area contributed by atoms with Gasteiger partial charge in [0, 0.05) is 13.1 Å². The predicted molar refractivity (Wildman–Crippen MR) is 75.2 cm³/mol. The highest BCUT2D eigenvalue weighted by atomic mass is 16.4. The molecule has 1 aromatic heterocycles. The number of nitrogens with zero attached hydrogens (tertiary/aromatic N) is 2. The summed E-state index contributed by atoms with van der Waals surface area (Å²) in [7, 11) is 0. The second-order valence-electron chi connectivity index (χ2n) is 5.28. The molecule has 1 atom stereocenters. The van der Waals surface area contributed by atoms with Crippen molar-refractivity contribution in [3.63, 3.8) is 0 Å². The number of aryl methyl sites for hydroxylation is 1. The molecule has 0 aromatic carbocycles. The van der Waals surface area contributed by atoms with E-state index < -0.39 is 18.0 Å². The zero-order chi connectivity index (χ0) is 15.6. The highest BCUT2D eigenvalue weighted by molar-refractivity contribution is 5.89. The molecule has 7 heteroatoms. The average Bonchev–Trinajstić information content (AvgIpc) is 3.02. The number of aldehydes is 1. The molecule has 1 aliphatic rings. The van der Waals surface area contributed by atoms with E-state index in [-0.39, 0.29) is 17.8 Å². The van der Waals surface area contributed by atoms with E-state index in [0.717, 1.165) is 25.9 Å². The summed E-state index contributed by atoms with van der Waals surface area (Å²) < 4.78 is 1.43. The van der Waals surface area contributed by atoms with Crippen molar-refractivity contribution in [3.05, 3.63) is 23.0 Å². The molecule has 3 N–H and O–H groups in total. The second-order valence-corrected chi connectivity index (χ2v) is 5.28. The molecule has 0 bridgehead atoms. The molecule has 21 heavy (non-hydrogen) atoms. The van der Waals surface area contributed by atoms with Crippen LogP contribution >= 0.6 is 0 Å². The van der Waals surface area contributed by atoms with E-state index in [1.165, 1.54) is 10.6 Å². The highest BCUT2D eigenvalue weighted by Gasteiger charge is 2.30. The van der Waals surface area contributed by atoms with E-state index in [0.29, 0.717) is 11.8 Å². The van der Waals surface area contributed by atoms with Crippen LogP contribution in [-0.4, -0.2) is 45.8 Å². The van der Waals surface area contributed by atoms with Gasteiger partial charge in [0.1, 0.15) is 5.69 Å². The SMILES string of the molecule is Cc1cc(C(=O)O)n(C(CC(N)=O)N2CCCC2)c1C=O. The lowest BCUT2D eigenvalue weighted by Crippen LogP contribution is -2.36. The molecule has 0 radical (unpaired) electrons. The third-order valence-corrected chi connectivity index (χ3v) is 3.85. The lowest BCUT2D eigenvalue weighted by Gasteiger charge is -2.30. The van der Waals surface area contributed by atoms with Crippen molar-refractivity contribution in [2.24, 2.45) is 5.73 Å². The van der Waals surface area contributed by atoms with E-state index >= 15 is 0 Å². The smallest absolute Gasteiger partial charge is 0.352 e. The van der Waals surface area contributed by atoms with E-state index in [2.05, 4.69) is 0 Å². The van der Waals surface area contributed by atoms with E-state index in [9.17, 15) is 19.5 Å². The summed E-state index contributed by atoms with van der Waals surface area (Å²) >= 11 is 0. The zero-order valence-electron chi connectivity index (χ0n) is 11.9. The van der Waals surface area contributed by atoms with Gasteiger partial charge in [-0.3, -0.25) is 14.5 Å². The fourth-order valence-corrected chi connectivity index (χ4v) is 2.91. The number of primary amides is 1. The first-order valence-electron chi connectivity index (χ1n) is 6.88. The Kier molecular flexibility index (Phi) is 4.42. The molecule has 1 fully saturated rings. The maximum atomic E-state index is 11.4. The predicted octanol–water partition coefficient (Wildman–Crippen LogP) is 0.777. The average molecular weight is 293 g/mol. The molecule has 114 valence electrons. The van der Waals surface area contributed by atoms with Crippen LogP contribution in [0.15, 0.2) is 6.07 Å². The number of carbonyl (C=O) groups is 3. The standard InChI is InChI=1S/C14H19N3O4/c1-9-6-10(14(20)21)17(11(9)8-18)13(7-12(15)19)16-4-2-3-5-16/h6,8,13H,2-5,7H2,1H3,(H2,15,19)(H,20,21). The molecule has 0 saturated carbocycles. The number of hydrogen-bond donors (Lipinski definition) is 2. The number of amides is 1. The van der Waals surface area contributed by atoms with Gasteiger partial charge in [-0.2, -0.15) is 0 Å². The number of carboxylic acid groups (broad SMARTS) is 1. The highest BCUT2D eigenvalue weighted by Crippen LogP contribution is 2.28. The molecule has 0 aliphatic carbocycles. The number of nitrogens with two attached hydrogens (primary N) is 1. The Morgan fingerprint density at radius 3 is 2.52 bits per heavy atom. The molecule has 1 aliphatic heterocycles. The van der Waals surface area contributed by atoms with Gasteiger partial charge in [0.2, 0.25) is 5.91 Å². The van der Waals surface area contributed by atoms with Crippen LogP contribution in [0.2, 0.25) is 0 Å². The number of carbonyl (C=O) groups excluding carboxylic acids is 2. The Balaban J connectivity index is 2.54. The lowest BCUT2D eigenvalue weighted by atomic mass is 10.2. The first kappa shape index (κ1) is 15.2.